The fourth-order valence-electron chi connectivity index (χ4n) is 4.04. The number of carbonyl (C=O) groups is 3. The first-order valence-electron chi connectivity index (χ1n) is 11.6. The summed E-state index contributed by atoms with van der Waals surface area (Å²) in [4.78, 5) is 40.2. The standard InChI is InChI=1S/C27H42N2O4S/c1-17(2)20(16-18(3)25(32)33)29(9)24(31)21(26(4,5)6)28-23(30)22(34-10)27(7,8)19-14-12-11-13-15-19/h11-17,20-22H,1-10H3,(H,28,30)(H,32,33)/t20-,21-,22+/m1/s1. The Hall–Kier alpha value is -2.28. The van der Waals surface area contributed by atoms with Crippen LogP contribution in [0, 0.1) is 11.3 Å². The molecule has 1 rings (SSSR count). The second kappa shape index (κ2) is 11.9. The highest BCUT2D eigenvalue weighted by atomic mass is 32.2. The quantitative estimate of drug-likeness (QED) is 0.463. The average Bonchev–Trinajstić information content (AvgIpc) is 2.74. The highest BCUT2D eigenvalue weighted by molar-refractivity contribution is 8.00. The van der Waals surface area contributed by atoms with E-state index in [4.69, 9.17) is 0 Å². The first kappa shape index (κ1) is 29.8. The zero-order valence-electron chi connectivity index (χ0n) is 22.3. The van der Waals surface area contributed by atoms with Gasteiger partial charge in [0.2, 0.25) is 11.8 Å². The van der Waals surface area contributed by atoms with Crippen molar-refractivity contribution in [3.8, 4) is 0 Å². The topological polar surface area (TPSA) is 86.7 Å². The van der Waals surface area contributed by atoms with Gasteiger partial charge in [-0.2, -0.15) is 11.8 Å². The summed E-state index contributed by atoms with van der Waals surface area (Å²) in [5, 5.41) is 12.0. The van der Waals surface area contributed by atoms with E-state index in [0.717, 1.165) is 5.56 Å². The van der Waals surface area contributed by atoms with Crippen LogP contribution >= 0.6 is 11.8 Å². The van der Waals surface area contributed by atoms with Crippen molar-refractivity contribution in [2.75, 3.05) is 13.3 Å². The lowest BCUT2D eigenvalue weighted by atomic mass is 9.80. The minimum Gasteiger partial charge on any atom is -0.478 e. The third kappa shape index (κ3) is 7.36. The lowest BCUT2D eigenvalue weighted by Gasteiger charge is -2.39. The zero-order chi connectivity index (χ0) is 26.4. The Morgan fingerprint density at radius 2 is 1.59 bits per heavy atom. The smallest absolute Gasteiger partial charge is 0.331 e. The number of carboxylic acids is 1. The van der Waals surface area contributed by atoms with Crippen molar-refractivity contribution in [3.05, 3.63) is 47.5 Å². The van der Waals surface area contributed by atoms with Gasteiger partial charge in [-0.25, -0.2) is 4.79 Å². The molecule has 0 spiro atoms. The summed E-state index contributed by atoms with van der Waals surface area (Å²) in [6.45, 7) is 15.2. The number of rotatable bonds is 10. The van der Waals surface area contributed by atoms with E-state index in [-0.39, 0.29) is 23.3 Å². The number of benzene rings is 1. The van der Waals surface area contributed by atoms with Gasteiger partial charge in [-0.05, 0) is 30.1 Å². The maximum absolute atomic E-state index is 13.7. The molecule has 190 valence electrons. The molecule has 6 nitrogen and oxygen atoms in total. The van der Waals surface area contributed by atoms with E-state index >= 15 is 0 Å². The fourth-order valence-corrected chi connectivity index (χ4v) is 5.05. The van der Waals surface area contributed by atoms with Crippen LogP contribution in [-0.4, -0.2) is 58.4 Å². The summed E-state index contributed by atoms with van der Waals surface area (Å²) < 4.78 is 0. The number of carboxylic acid groups (broad SMARTS) is 1. The minimum absolute atomic E-state index is 0.00414. The number of hydrogen-bond donors (Lipinski definition) is 2. The summed E-state index contributed by atoms with van der Waals surface area (Å²) in [6, 6.07) is 8.71. The molecule has 0 aliphatic rings. The Kier molecular flexibility index (Phi) is 10.4. The highest BCUT2D eigenvalue weighted by Gasteiger charge is 2.41. The van der Waals surface area contributed by atoms with Gasteiger partial charge in [0.1, 0.15) is 6.04 Å². The zero-order valence-corrected chi connectivity index (χ0v) is 23.1. The molecule has 0 heterocycles. The molecule has 0 aromatic heterocycles. The van der Waals surface area contributed by atoms with Crippen molar-refractivity contribution in [2.24, 2.45) is 11.3 Å². The molecule has 34 heavy (non-hydrogen) atoms. The number of hydrogen-bond acceptors (Lipinski definition) is 4. The van der Waals surface area contributed by atoms with Gasteiger partial charge in [-0.15, -0.1) is 0 Å². The van der Waals surface area contributed by atoms with Crippen LogP contribution in [0.15, 0.2) is 42.0 Å². The SMILES string of the molecule is CS[C@@H](C(=O)N[C@H](C(=O)N(C)[C@H](C=C(C)C(=O)O)C(C)C)C(C)(C)C)C(C)(C)c1ccccc1. The molecule has 0 saturated heterocycles. The molecule has 3 atom stereocenters. The highest BCUT2D eigenvalue weighted by Crippen LogP contribution is 2.34. The Morgan fingerprint density at radius 1 is 1.06 bits per heavy atom. The number of likely N-dealkylation sites (N-methyl/N-ethyl adjacent to an activating group) is 1. The summed E-state index contributed by atoms with van der Waals surface area (Å²) >= 11 is 1.46. The van der Waals surface area contributed by atoms with E-state index in [2.05, 4.69) is 5.32 Å². The van der Waals surface area contributed by atoms with E-state index in [0.29, 0.717) is 0 Å². The lowest BCUT2D eigenvalue weighted by Crippen LogP contribution is -2.59. The maximum atomic E-state index is 13.7. The predicted molar refractivity (Wildman–Crippen MR) is 141 cm³/mol. The Morgan fingerprint density at radius 3 is 2.00 bits per heavy atom. The van der Waals surface area contributed by atoms with E-state index in [9.17, 15) is 19.5 Å². The van der Waals surface area contributed by atoms with Gasteiger partial charge in [0, 0.05) is 18.0 Å². The van der Waals surface area contributed by atoms with E-state index in [1.807, 2.05) is 85.1 Å². The molecule has 0 fully saturated rings. The number of amides is 2. The Balaban J connectivity index is 3.29. The van der Waals surface area contributed by atoms with E-state index in [1.54, 1.807) is 18.0 Å². The largest absolute Gasteiger partial charge is 0.478 e. The molecular formula is C27H42N2O4S. The van der Waals surface area contributed by atoms with Crippen LogP contribution in [0.1, 0.15) is 61.0 Å². The van der Waals surface area contributed by atoms with Gasteiger partial charge >= 0.3 is 5.97 Å². The van der Waals surface area contributed by atoms with Crippen molar-refractivity contribution >= 4 is 29.5 Å². The Bertz CT molecular complexity index is 888. The van der Waals surface area contributed by atoms with Crippen LogP contribution in [0.2, 0.25) is 0 Å². The Labute approximate surface area is 209 Å². The van der Waals surface area contributed by atoms with Crippen molar-refractivity contribution in [2.45, 2.75) is 78.1 Å². The predicted octanol–water partition coefficient (Wildman–Crippen LogP) is 4.74. The van der Waals surface area contributed by atoms with Crippen molar-refractivity contribution < 1.29 is 19.5 Å². The monoisotopic (exact) mass is 490 g/mol. The second-order valence-electron chi connectivity index (χ2n) is 10.8. The molecule has 1 aromatic carbocycles. The van der Waals surface area contributed by atoms with Gasteiger partial charge in [0.15, 0.2) is 0 Å². The number of nitrogens with one attached hydrogen (secondary N) is 1. The minimum atomic E-state index is -1.02. The van der Waals surface area contributed by atoms with Crippen LogP contribution < -0.4 is 5.32 Å². The second-order valence-corrected chi connectivity index (χ2v) is 11.8. The molecular weight excluding hydrogens is 448 g/mol. The third-order valence-corrected chi connectivity index (χ3v) is 7.56. The number of nitrogens with zero attached hydrogens (tertiary/aromatic N) is 1. The number of aliphatic carboxylic acids is 1. The maximum Gasteiger partial charge on any atom is 0.331 e. The van der Waals surface area contributed by atoms with Crippen LogP contribution in [0.3, 0.4) is 0 Å². The molecule has 2 amide bonds. The van der Waals surface area contributed by atoms with Gasteiger partial charge in [-0.1, -0.05) is 84.9 Å². The van der Waals surface area contributed by atoms with Crippen molar-refractivity contribution in [3.63, 3.8) is 0 Å². The lowest BCUT2D eigenvalue weighted by molar-refractivity contribution is -0.140. The summed E-state index contributed by atoms with van der Waals surface area (Å²) in [5.41, 5.74) is 0.230. The van der Waals surface area contributed by atoms with E-state index < -0.39 is 34.1 Å². The van der Waals surface area contributed by atoms with Crippen LogP contribution in [0.4, 0.5) is 0 Å². The first-order valence-corrected chi connectivity index (χ1v) is 12.9. The summed E-state index contributed by atoms with van der Waals surface area (Å²) in [7, 11) is 1.67. The van der Waals surface area contributed by atoms with Crippen molar-refractivity contribution in [1.29, 1.82) is 0 Å². The molecule has 0 radical (unpaired) electrons. The number of carbonyl (C=O) groups excluding carboxylic acids is 2. The fraction of sp³-hybridized carbons (Fsp3) is 0.593. The molecule has 1 aromatic rings. The van der Waals surface area contributed by atoms with Crippen LogP contribution in [0.25, 0.3) is 0 Å². The molecule has 0 aliphatic heterocycles. The van der Waals surface area contributed by atoms with Gasteiger partial charge in [0.05, 0.1) is 11.3 Å². The summed E-state index contributed by atoms with van der Waals surface area (Å²) in [5.74, 6) is -1.46. The molecule has 0 saturated carbocycles. The van der Waals surface area contributed by atoms with Gasteiger partial charge in [0.25, 0.3) is 0 Å². The average molecular weight is 491 g/mol. The van der Waals surface area contributed by atoms with E-state index in [1.165, 1.54) is 18.7 Å². The third-order valence-electron chi connectivity index (χ3n) is 6.28. The summed E-state index contributed by atoms with van der Waals surface area (Å²) in [6.07, 6.45) is 3.51. The molecule has 0 aliphatic carbocycles. The van der Waals surface area contributed by atoms with Crippen molar-refractivity contribution in [1.82, 2.24) is 10.2 Å². The normalized spacial score (nSPS) is 15.4. The molecule has 2 N–H and O–H groups in total. The first-order chi connectivity index (χ1) is 15.5. The molecule has 0 bridgehead atoms. The molecule has 0 unspecified atom stereocenters. The number of thioether (sulfide) groups is 1. The van der Waals surface area contributed by atoms with Crippen LogP contribution in [-0.2, 0) is 19.8 Å². The van der Waals surface area contributed by atoms with Gasteiger partial charge < -0.3 is 15.3 Å². The van der Waals surface area contributed by atoms with Crippen LogP contribution in [0.5, 0.6) is 0 Å². The van der Waals surface area contributed by atoms with Gasteiger partial charge in [-0.3, -0.25) is 9.59 Å². The molecule has 7 heteroatoms.